The van der Waals surface area contributed by atoms with Gasteiger partial charge in [-0.1, -0.05) is 12.1 Å². The average molecular weight is 224 g/mol. The number of aliphatic hydroxyl groups is 1. The Hall–Kier alpha value is -0.510. The minimum Gasteiger partial charge on any atom is -0.389 e. The Labute approximate surface area is 94.6 Å². The van der Waals surface area contributed by atoms with Crippen LogP contribution in [-0.2, 0) is 4.74 Å². The van der Waals surface area contributed by atoms with E-state index in [4.69, 9.17) is 4.74 Å². The standard InChI is InChI=1S/C12H16O2S/c1-9(13)10-3-2-4-11(7-10)15-12-5-6-14-8-12/h2-4,7,9,12-13H,5-6,8H2,1H3. The van der Waals surface area contributed by atoms with E-state index < -0.39 is 0 Å². The number of thioether (sulfide) groups is 1. The highest BCUT2D eigenvalue weighted by atomic mass is 32.2. The first-order chi connectivity index (χ1) is 7.25. The second kappa shape index (κ2) is 5.01. The molecule has 1 fully saturated rings. The fourth-order valence-corrected chi connectivity index (χ4v) is 2.77. The van der Waals surface area contributed by atoms with Crippen LogP contribution in [0.15, 0.2) is 29.2 Å². The highest BCUT2D eigenvalue weighted by Gasteiger charge is 2.16. The summed E-state index contributed by atoms with van der Waals surface area (Å²) in [4.78, 5) is 1.23. The minimum absolute atomic E-state index is 0.384. The summed E-state index contributed by atoms with van der Waals surface area (Å²) in [5.74, 6) is 0. The molecule has 0 aromatic heterocycles. The number of benzene rings is 1. The SMILES string of the molecule is CC(O)c1cccc(SC2CCOC2)c1. The molecule has 2 rings (SSSR count). The lowest BCUT2D eigenvalue weighted by Crippen LogP contribution is -2.00. The van der Waals surface area contributed by atoms with Gasteiger partial charge in [0.1, 0.15) is 0 Å². The van der Waals surface area contributed by atoms with Gasteiger partial charge in [0.2, 0.25) is 0 Å². The van der Waals surface area contributed by atoms with Crippen molar-refractivity contribution >= 4 is 11.8 Å². The molecule has 1 saturated heterocycles. The van der Waals surface area contributed by atoms with E-state index >= 15 is 0 Å². The lowest BCUT2D eigenvalue weighted by molar-refractivity contribution is 0.199. The zero-order valence-electron chi connectivity index (χ0n) is 8.85. The molecule has 1 aromatic carbocycles. The molecule has 2 nitrogen and oxygen atoms in total. The molecule has 1 N–H and O–H groups in total. The van der Waals surface area contributed by atoms with Crippen LogP contribution in [0.3, 0.4) is 0 Å². The van der Waals surface area contributed by atoms with E-state index in [1.165, 1.54) is 4.90 Å². The van der Waals surface area contributed by atoms with Gasteiger partial charge in [-0.2, -0.15) is 0 Å². The number of ether oxygens (including phenoxy) is 1. The van der Waals surface area contributed by atoms with Crippen LogP contribution in [0.25, 0.3) is 0 Å². The Morgan fingerprint density at radius 3 is 3.07 bits per heavy atom. The Bertz CT molecular complexity index is 319. The molecule has 0 aliphatic carbocycles. The first-order valence-corrected chi connectivity index (χ1v) is 6.16. The molecule has 0 spiro atoms. The van der Waals surface area contributed by atoms with Crippen LogP contribution in [-0.4, -0.2) is 23.6 Å². The summed E-state index contributed by atoms with van der Waals surface area (Å²) in [5.41, 5.74) is 0.985. The Morgan fingerprint density at radius 2 is 2.40 bits per heavy atom. The minimum atomic E-state index is -0.384. The van der Waals surface area contributed by atoms with Crippen molar-refractivity contribution in [2.75, 3.05) is 13.2 Å². The fraction of sp³-hybridized carbons (Fsp3) is 0.500. The van der Waals surface area contributed by atoms with Crippen molar-refractivity contribution in [3.8, 4) is 0 Å². The van der Waals surface area contributed by atoms with Crippen LogP contribution in [0.4, 0.5) is 0 Å². The maximum Gasteiger partial charge on any atom is 0.0762 e. The van der Waals surface area contributed by atoms with Gasteiger partial charge < -0.3 is 9.84 Å². The molecule has 15 heavy (non-hydrogen) atoms. The monoisotopic (exact) mass is 224 g/mol. The molecule has 1 aliphatic rings. The zero-order valence-corrected chi connectivity index (χ0v) is 9.67. The molecule has 0 amide bonds. The van der Waals surface area contributed by atoms with Gasteiger partial charge in [0.25, 0.3) is 0 Å². The Kier molecular flexibility index (Phi) is 3.67. The third-order valence-electron chi connectivity index (χ3n) is 2.53. The molecular formula is C12H16O2S. The first kappa shape index (κ1) is 11.0. The van der Waals surface area contributed by atoms with E-state index in [1.54, 1.807) is 6.92 Å². The lowest BCUT2D eigenvalue weighted by Gasteiger charge is -2.10. The second-order valence-corrected chi connectivity index (χ2v) is 5.23. The number of aliphatic hydroxyl groups excluding tert-OH is 1. The number of hydrogen-bond acceptors (Lipinski definition) is 3. The van der Waals surface area contributed by atoms with E-state index in [9.17, 15) is 5.11 Å². The van der Waals surface area contributed by atoms with E-state index in [-0.39, 0.29) is 6.10 Å². The first-order valence-electron chi connectivity index (χ1n) is 5.28. The summed E-state index contributed by atoms with van der Waals surface area (Å²) in [5, 5.41) is 10.1. The van der Waals surface area contributed by atoms with Crippen LogP contribution in [0, 0.1) is 0 Å². The van der Waals surface area contributed by atoms with Gasteiger partial charge in [-0.25, -0.2) is 0 Å². The van der Waals surface area contributed by atoms with E-state index in [2.05, 4.69) is 12.1 Å². The highest BCUT2D eigenvalue weighted by Crippen LogP contribution is 2.30. The number of hydrogen-bond donors (Lipinski definition) is 1. The van der Waals surface area contributed by atoms with Crippen LogP contribution in [0.1, 0.15) is 25.0 Å². The van der Waals surface area contributed by atoms with Gasteiger partial charge in [0, 0.05) is 16.8 Å². The van der Waals surface area contributed by atoms with Gasteiger partial charge in [-0.15, -0.1) is 11.8 Å². The molecule has 2 atom stereocenters. The smallest absolute Gasteiger partial charge is 0.0762 e. The van der Waals surface area contributed by atoms with Crippen LogP contribution in [0.5, 0.6) is 0 Å². The van der Waals surface area contributed by atoms with Crippen molar-refractivity contribution in [3.05, 3.63) is 29.8 Å². The summed E-state index contributed by atoms with van der Waals surface area (Å²) >= 11 is 1.85. The van der Waals surface area contributed by atoms with Crippen molar-refractivity contribution in [3.63, 3.8) is 0 Å². The van der Waals surface area contributed by atoms with E-state index in [1.807, 2.05) is 23.9 Å². The van der Waals surface area contributed by atoms with E-state index in [0.717, 1.165) is 25.2 Å². The van der Waals surface area contributed by atoms with Gasteiger partial charge >= 0.3 is 0 Å². The molecule has 1 heterocycles. The van der Waals surface area contributed by atoms with E-state index in [0.29, 0.717) is 5.25 Å². The fourth-order valence-electron chi connectivity index (χ4n) is 1.65. The van der Waals surface area contributed by atoms with Gasteiger partial charge in [-0.3, -0.25) is 0 Å². The third kappa shape index (κ3) is 2.97. The maximum absolute atomic E-state index is 9.48. The summed E-state index contributed by atoms with van der Waals surface area (Å²) in [6.07, 6.45) is 0.745. The average Bonchev–Trinajstić information content (AvgIpc) is 2.71. The predicted octanol–water partition coefficient (Wildman–Crippen LogP) is 2.62. The summed E-state index contributed by atoms with van der Waals surface area (Å²) < 4.78 is 5.34. The predicted molar refractivity (Wildman–Crippen MR) is 62.2 cm³/mol. The summed E-state index contributed by atoms with van der Waals surface area (Å²) in [6, 6.07) is 8.11. The zero-order chi connectivity index (χ0) is 10.7. The third-order valence-corrected chi connectivity index (χ3v) is 3.76. The molecule has 1 aliphatic heterocycles. The Balaban J connectivity index is 2.04. The normalized spacial score (nSPS) is 22.9. The Morgan fingerprint density at radius 1 is 1.53 bits per heavy atom. The second-order valence-electron chi connectivity index (χ2n) is 3.85. The largest absolute Gasteiger partial charge is 0.389 e. The quantitative estimate of drug-likeness (QED) is 0.856. The van der Waals surface area contributed by atoms with Crippen molar-refractivity contribution < 1.29 is 9.84 Å². The molecular weight excluding hydrogens is 208 g/mol. The molecule has 0 saturated carbocycles. The summed E-state index contributed by atoms with van der Waals surface area (Å²) in [6.45, 7) is 3.53. The lowest BCUT2D eigenvalue weighted by atomic mass is 10.1. The van der Waals surface area contributed by atoms with Crippen molar-refractivity contribution in [2.24, 2.45) is 0 Å². The van der Waals surface area contributed by atoms with Crippen molar-refractivity contribution in [1.29, 1.82) is 0 Å². The molecule has 0 radical (unpaired) electrons. The molecule has 82 valence electrons. The number of rotatable bonds is 3. The van der Waals surface area contributed by atoms with Crippen LogP contribution >= 0.6 is 11.8 Å². The summed E-state index contributed by atoms with van der Waals surface area (Å²) in [7, 11) is 0. The molecule has 2 unspecified atom stereocenters. The van der Waals surface area contributed by atoms with Crippen molar-refractivity contribution in [1.82, 2.24) is 0 Å². The van der Waals surface area contributed by atoms with Crippen molar-refractivity contribution in [2.45, 2.75) is 29.6 Å². The molecule has 1 aromatic rings. The maximum atomic E-state index is 9.48. The van der Waals surface area contributed by atoms with Gasteiger partial charge in [0.15, 0.2) is 0 Å². The topological polar surface area (TPSA) is 29.5 Å². The van der Waals surface area contributed by atoms with Gasteiger partial charge in [0.05, 0.1) is 12.7 Å². The van der Waals surface area contributed by atoms with Crippen LogP contribution < -0.4 is 0 Å². The molecule has 3 heteroatoms. The van der Waals surface area contributed by atoms with Gasteiger partial charge in [-0.05, 0) is 31.0 Å². The molecule has 0 bridgehead atoms. The van der Waals surface area contributed by atoms with Crippen LogP contribution in [0.2, 0.25) is 0 Å². The highest BCUT2D eigenvalue weighted by molar-refractivity contribution is 8.00.